The molecular weight excluding hydrogens is 897 g/mol. The Bertz CT molecular complexity index is 2270. The minimum absolute atomic E-state index is 0.545. The van der Waals surface area contributed by atoms with Gasteiger partial charge in [0.2, 0.25) is 0 Å². The van der Waals surface area contributed by atoms with Crippen molar-refractivity contribution in [1.29, 1.82) is 0 Å². The van der Waals surface area contributed by atoms with Crippen LogP contribution >= 0.6 is 0 Å². The molecule has 0 aliphatic carbocycles. The maximum absolute atomic E-state index is 5.87. The van der Waals surface area contributed by atoms with Crippen LogP contribution in [0.2, 0.25) is 0 Å². The summed E-state index contributed by atoms with van der Waals surface area (Å²) in [6.45, 7) is 28.8. The average Bonchev–Trinajstić information content (AvgIpc) is 4.26. The molecule has 12 nitrogen and oxygen atoms in total. The topological polar surface area (TPSA) is 95.2 Å². The summed E-state index contributed by atoms with van der Waals surface area (Å²) in [4.78, 5) is 20.2. The molecular formula is C60H84N8O4. The highest BCUT2D eigenvalue weighted by molar-refractivity contribution is 5.30. The van der Waals surface area contributed by atoms with Gasteiger partial charge in [0.25, 0.3) is 0 Å². The maximum Gasteiger partial charge on any atom is 0.119 e. The van der Waals surface area contributed by atoms with Gasteiger partial charge < -0.3 is 28.1 Å². The van der Waals surface area contributed by atoms with Crippen molar-refractivity contribution < 1.29 is 18.9 Å². The van der Waals surface area contributed by atoms with Crippen LogP contribution in [0.3, 0.4) is 0 Å². The molecule has 0 saturated carbocycles. The Hall–Kier alpha value is -5.53. The number of hydrogen-bond acceptors (Lipinski definition) is 10. The van der Waals surface area contributed by atoms with Crippen molar-refractivity contribution in [2.75, 3.05) is 65.7 Å². The zero-order valence-electron chi connectivity index (χ0n) is 44.3. The third kappa shape index (κ3) is 19.8. The molecule has 3 aliphatic heterocycles. The van der Waals surface area contributed by atoms with Crippen molar-refractivity contribution in [3.63, 3.8) is 0 Å². The number of ether oxygens (including phenoxy) is 4. The number of imidazole rings is 2. The summed E-state index contributed by atoms with van der Waals surface area (Å²) < 4.78 is 27.8. The normalized spacial score (nSPS) is 18.3. The molecule has 0 radical (unpaired) electrons. The molecule has 3 atom stereocenters. The van der Waals surface area contributed by atoms with Gasteiger partial charge in [-0.2, -0.15) is 0 Å². The summed E-state index contributed by atoms with van der Waals surface area (Å²) >= 11 is 0. The molecule has 0 bridgehead atoms. The molecule has 0 amide bonds. The molecule has 0 spiro atoms. The smallest absolute Gasteiger partial charge is 0.119 e. The second-order valence-corrected chi connectivity index (χ2v) is 21.6. The molecule has 3 aromatic heterocycles. The highest BCUT2D eigenvalue weighted by Crippen LogP contribution is 2.25. The van der Waals surface area contributed by atoms with Crippen LogP contribution in [-0.4, -0.2) is 104 Å². The summed E-state index contributed by atoms with van der Waals surface area (Å²) in [5.74, 6) is 6.68. The Morgan fingerprint density at radius 3 is 1.32 bits per heavy atom. The lowest BCUT2D eigenvalue weighted by molar-refractivity contribution is 0.0864. The number of likely N-dealkylation sites (tertiary alicyclic amines) is 3. The lowest BCUT2D eigenvalue weighted by atomic mass is 10.1. The van der Waals surface area contributed by atoms with Gasteiger partial charge in [-0.25, -0.2) is 9.97 Å². The summed E-state index contributed by atoms with van der Waals surface area (Å²) in [5, 5.41) is 0. The molecule has 3 unspecified atom stereocenters. The lowest BCUT2D eigenvalue weighted by Gasteiger charge is -2.17. The number of nitrogens with zero attached hydrogens (tertiary/aromatic N) is 8. The first kappa shape index (κ1) is 54.2. The quantitative estimate of drug-likeness (QED) is 0.0618. The van der Waals surface area contributed by atoms with E-state index in [-0.39, 0.29) is 0 Å². The molecule has 3 aliphatic rings. The van der Waals surface area contributed by atoms with Crippen molar-refractivity contribution in [3.05, 3.63) is 157 Å². The van der Waals surface area contributed by atoms with Crippen LogP contribution < -0.4 is 14.2 Å². The monoisotopic (exact) mass is 981 g/mol. The van der Waals surface area contributed by atoms with E-state index in [0.717, 1.165) is 120 Å². The number of pyridine rings is 1. The van der Waals surface area contributed by atoms with E-state index in [1.54, 1.807) is 0 Å². The molecule has 3 saturated heterocycles. The number of rotatable bonds is 23. The fourth-order valence-electron chi connectivity index (χ4n) is 9.57. The van der Waals surface area contributed by atoms with E-state index in [2.05, 4.69) is 159 Å². The molecule has 3 fully saturated rings. The fourth-order valence-corrected chi connectivity index (χ4v) is 9.57. The standard InChI is InChI=1S/C22H30N2O2.2C19H27N3O/c1-18(2)15-26-22-8-5-6-19(12-22)13-24-11-9-20(14-24)16-25-17-21-7-3-4-10-23-21;2*1-16(2)14-23-19-5-3-4-17(10-19)11-21-8-6-18(12-21)13-22-9-7-20-15-22/h3-8,10,12,18,20H,9,11,13-17H2,1-2H3;2*3-5,7,9-10,15-16,18H,6,8,11-14H2,1-2H3. The van der Waals surface area contributed by atoms with E-state index in [0.29, 0.717) is 30.3 Å². The summed E-state index contributed by atoms with van der Waals surface area (Å²) in [7, 11) is 0. The zero-order valence-corrected chi connectivity index (χ0v) is 44.3. The minimum Gasteiger partial charge on any atom is -0.493 e. The Kier molecular flexibility index (Phi) is 22.0. The van der Waals surface area contributed by atoms with Crippen LogP contribution in [0.25, 0.3) is 0 Å². The second-order valence-electron chi connectivity index (χ2n) is 21.6. The number of benzene rings is 3. The number of hydrogen-bond donors (Lipinski definition) is 0. The van der Waals surface area contributed by atoms with Crippen molar-refractivity contribution in [2.45, 2.75) is 100 Å². The van der Waals surface area contributed by atoms with Gasteiger partial charge >= 0.3 is 0 Å². The molecule has 388 valence electrons. The first-order valence-electron chi connectivity index (χ1n) is 26.8. The molecule has 0 N–H and O–H groups in total. The lowest BCUT2D eigenvalue weighted by Crippen LogP contribution is -2.21. The van der Waals surface area contributed by atoms with Gasteiger partial charge in [-0.1, -0.05) is 84.0 Å². The van der Waals surface area contributed by atoms with Gasteiger partial charge in [0.05, 0.1) is 51.4 Å². The predicted molar refractivity (Wildman–Crippen MR) is 289 cm³/mol. The van der Waals surface area contributed by atoms with E-state index in [1.165, 1.54) is 49.0 Å². The van der Waals surface area contributed by atoms with Gasteiger partial charge in [-0.05, 0) is 140 Å². The highest BCUT2D eigenvalue weighted by atomic mass is 16.5. The molecule has 6 heterocycles. The Balaban J connectivity index is 0.000000159. The minimum atomic E-state index is 0.545. The van der Waals surface area contributed by atoms with Crippen molar-refractivity contribution in [3.8, 4) is 17.2 Å². The zero-order chi connectivity index (χ0) is 50.3. The Morgan fingerprint density at radius 1 is 0.500 bits per heavy atom. The van der Waals surface area contributed by atoms with Crippen LogP contribution in [0.1, 0.15) is 83.2 Å². The van der Waals surface area contributed by atoms with Gasteiger partial charge in [-0.3, -0.25) is 19.7 Å². The van der Waals surface area contributed by atoms with E-state index < -0.39 is 0 Å². The second kappa shape index (κ2) is 29.2. The SMILES string of the molecule is CC(C)COc1cccc(CN2CCC(COCc3ccccn3)C2)c1.CC(C)COc1cccc(CN2CCC(Cn3ccnc3)C2)c1.CC(C)COc1cccc(CN2CCC(Cn3ccnc3)C2)c1. The highest BCUT2D eigenvalue weighted by Gasteiger charge is 2.25. The molecule has 72 heavy (non-hydrogen) atoms. The third-order valence-electron chi connectivity index (χ3n) is 13.2. The first-order valence-corrected chi connectivity index (χ1v) is 26.8. The Morgan fingerprint density at radius 2 is 0.931 bits per heavy atom. The summed E-state index contributed by atoms with van der Waals surface area (Å²) in [6.07, 6.45) is 17.2. The third-order valence-corrected chi connectivity index (χ3v) is 13.2. The maximum atomic E-state index is 5.87. The first-order chi connectivity index (χ1) is 35.1. The molecule has 3 aromatic carbocycles. The van der Waals surface area contributed by atoms with Gasteiger partial charge in [-0.15, -0.1) is 0 Å². The van der Waals surface area contributed by atoms with Gasteiger partial charge in [0.1, 0.15) is 17.2 Å². The Labute approximate surface area is 431 Å². The van der Waals surface area contributed by atoms with Crippen LogP contribution in [0, 0.1) is 35.5 Å². The van der Waals surface area contributed by atoms with Crippen molar-refractivity contribution >= 4 is 0 Å². The van der Waals surface area contributed by atoms with E-state index in [1.807, 2.05) is 55.5 Å². The van der Waals surface area contributed by atoms with E-state index in [4.69, 9.17) is 18.9 Å². The van der Waals surface area contributed by atoms with Crippen molar-refractivity contribution in [1.82, 2.24) is 38.8 Å². The van der Waals surface area contributed by atoms with Crippen LogP contribution in [-0.2, 0) is 44.1 Å². The molecule has 6 aromatic rings. The van der Waals surface area contributed by atoms with Gasteiger partial charge in [0, 0.05) is 83.3 Å². The van der Waals surface area contributed by atoms with Crippen LogP contribution in [0.5, 0.6) is 17.2 Å². The van der Waals surface area contributed by atoms with Crippen LogP contribution in [0.15, 0.2) is 135 Å². The average molecular weight is 981 g/mol. The summed E-state index contributed by atoms with van der Waals surface area (Å²) in [5.41, 5.74) is 5.01. The van der Waals surface area contributed by atoms with E-state index in [9.17, 15) is 0 Å². The van der Waals surface area contributed by atoms with E-state index >= 15 is 0 Å². The number of aromatic nitrogens is 5. The predicted octanol–water partition coefficient (Wildman–Crippen LogP) is 11.0. The molecule has 12 heteroatoms. The fraction of sp³-hybridized carbons (Fsp3) is 0.517. The molecule has 9 rings (SSSR count). The van der Waals surface area contributed by atoms with Gasteiger partial charge in [0.15, 0.2) is 0 Å². The van der Waals surface area contributed by atoms with Crippen molar-refractivity contribution in [2.24, 2.45) is 35.5 Å². The van der Waals surface area contributed by atoms with Crippen LogP contribution in [0.4, 0.5) is 0 Å². The largest absolute Gasteiger partial charge is 0.493 e. The summed E-state index contributed by atoms with van der Waals surface area (Å²) in [6, 6.07) is 31.5.